The van der Waals surface area contributed by atoms with Crippen LogP contribution in [0.25, 0.3) is 0 Å². The molecular weight excluding hydrogens is 333 g/mol. The van der Waals surface area contributed by atoms with Crippen LogP contribution in [0.4, 0.5) is 11.4 Å². The van der Waals surface area contributed by atoms with Crippen molar-refractivity contribution in [2.24, 2.45) is 0 Å². The largest absolute Gasteiger partial charge is 0.360 e. The monoisotopic (exact) mass is 345 g/mol. The summed E-state index contributed by atoms with van der Waals surface area (Å²) in [6, 6.07) is 14.0. The van der Waals surface area contributed by atoms with Crippen molar-refractivity contribution in [1.82, 2.24) is 0 Å². The van der Waals surface area contributed by atoms with Crippen LogP contribution < -0.4 is 10.6 Å². The van der Waals surface area contributed by atoms with Crippen molar-refractivity contribution in [3.05, 3.63) is 69.8 Å². The summed E-state index contributed by atoms with van der Waals surface area (Å²) in [6.07, 6.45) is 1.33. The lowest BCUT2D eigenvalue weighted by atomic mass is 10.2. The van der Waals surface area contributed by atoms with E-state index in [4.69, 9.17) is 28.5 Å². The fourth-order valence-electron chi connectivity index (χ4n) is 1.80. The van der Waals surface area contributed by atoms with Crippen LogP contribution in [0.1, 0.15) is 5.56 Å². The molecule has 6 heteroatoms. The first-order valence-corrected chi connectivity index (χ1v) is 7.45. The summed E-state index contributed by atoms with van der Waals surface area (Å²) in [7, 11) is 0. The molecule has 0 saturated heterocycles. The van der Waals surface area contributed by atoms with Crippen LogP contribution in [0.3, 0.4) is 0 Å². The Hall–Kier alpha value is -2.48. The highest BCUT2D eigenvalue weighted by molar-refractivity contribution is 6.31. The standard InChI is InChI=1S/C17H13Cl2N3O/c1-11-5-6-14(19)8-16(11)22-17(23)12(9-20)10-21-15-4-2-3-13(18)7-15/h2-8,10,21H,1H3,(H,22,23)/b12-10-. The molecule has 0 fully saturated rings. The van der Waals surface area contributed by atoms with Crippen LogP contribution in [0.15, 0.2) is 54.2 Å². The van der Waals surface area contributed by atoms with Crippen LogP contribution in [0.5, 0.6) is 0 Å². The van der Waals surface area contributed by atoms with Gasteiger partial charge in [0.15, 0.2) is 0 Å². The van der Waals surface area contributed by atoms with E-state index in [0.717, 1.165) is 5.56 Å². The third kappa shape index (κ3) is 4.75. The van der Waals surface area contributed by atoms with Gasteiger partial charge in [0.1, 0.15) is 11.6 Å². The number of nitrogens with zero attached hydrogens (tertiary/aromatic N) is 1. The zero-order valence-electron chi connectivity index (χ0n) is 12.2. The lowest BCUT2D eigenvalue weighted by molar-refractivity contribution is -0.112. The van der Waals surface area contributed by atoms with Gasteiger partial charge in [0.2, 0.25) is 0 Å². The van der Waals surface area contributed by atoms with Gasteiger partial charge in [0, 0.05) is 27.6 Å². The first-order valence-electron chi connectivity index (χ1n) is 6.69. The maximum Gasteiger partial charge on any atom is 0.267 e. The number of hydrogen-bond donors (Lipinski definition) is 2. The highest BCUT2D eigenvalue weighted by Gasteiger charge is 2.11. The Bertz CT molecular complexity index is 810. The molecule has 0 spiro atoms. The number of anilines is 2. The fourth-order valence-corrected chi connectivity index (χ4v) is 2.16. The Morgan fingerprint density at radius 1 is 1.17 bits per heavy atom. The van der Waals surface area contributed by atoms with E-state index in [2.05, 4.69) is 10.6 Å². The molecule has 0 aliphatic carbocycles. The number of nitrogens with one attached hydrogen (secondary N) is 2. The molecule has 23 heavy (non-hydrogen) atoms. The summed E-state index contributed by atoms with van der Waals surface area (Å²) in [5.74, 6) is -0.521. The summed E-state index contributed by atoms with van der Waals surface area (Å²) in [4.78, 5) is 12.2. The van der Waals surface area contributed by atoms with Crippen LogP contribution >= 0.6 is 23.2 Å². The number of nitriles is 1. The third-order valence-corrected chi connectivity index (χ3v) is 3.49. The van der Waals surface area contributed by atoms with Gasteiger partial charge in [-0.3, -0.25) is 4.79 Å². The van der Waals surface area contributed by atoms with Crippen LogP contribution in [-0.2, 0) is 4.79 Å². The molecule has 0 saturated carbocycles. The lowest BCUT2D eigenvalue weighted by Crippen LogP contribution is -2.15. The second-order valence-electron chi connectivity index (χ2n) is 4.74. The smallest absolute Gasteiger partial charge is 0.267 e. The quantitative estimate of drug-likeness (QED) is 0.620. The van der Waals surface area contributed by atoms with Crippen LogP contribution in [0.2, 0.25) is 10.0 Å². The van der Waals surface area contributed by atoms with Crippen molar-refractivity contribution < 1.29 is 4.79 Å². The zero-order chi connectivity index (χ0) is 16.8. The van der Waals surface area contributed by atoms with E-state index < -0.39 is 5.91 Å². The van der Waals surface area contributed by atoms with Gasteiger partial charge in [-0.25, -0.2) is 0 Å². The molecule has 0 heterocycles. The van der Waals surface area contributed by atoms with Crippen LogP contribution in [-0.4, -0.2) is 5.91 Å². The molecule has 2 N–H and O–H groups in total. The molecule has 0 atom stereocenters. The predicted octanol–water partition coefficient (Wildman–Crippen LogP) is 4.76. The highest BCUT2D eigenvalue weighted by Crippen LogP contribution is 2.21. The Kier molecular flexibility index (Phi) is 5.64. The van der Waals surface area contributed by atoms with E-state index >= 15 is 0 Å². The molecule has 0 radical (unpaired) electrons. The van der Waals surface area contributed by atoms with E-state index in [1.165, 1.54) is 6.20 Å². The molecule has 2 aromatic rings. The van der Waals surface area contributed by atoms with Crippen LogP contribution in [0, 0.1) is 18.3 Å². The average molecular weight is 346 g/mol. The summed E-state index contributed by atoms with van der Waals surface area (Å²) < 4.78 is 0. The molecule has 1 amide bonds. The van der Waals surface area contributed by atoms with Gasteiger partial charge in [-0.15, -0.1) is 0 Å². The van der Waals surface area contributed by atoms with E-state index in [1.807, 2.05) is 13.0 Å². The van der Waals surface area contributed by atoms with E-state index in [9.17, 15) is 4.79 Å². The van der Waals surface area contributed by atoms with Gasteiger partial charge in [-0.05, 0) is 42.8 Å². The minimum atomic E-state index is -0.521. The Labute approximate surface area is 144 Å². The Balaban J connectivity index is 2.14. The third-order valence-electron chi connectivity index (χ3n) is 3.02. The molecule has 0 unspecified atom stereocenters. The van der Waals surface area contributed by atoms with Crippen molar-refractivity contribution in [1.29, 1.82) is 5.26 Å². The molecule has 116 valence electrons. The first-order chi connectivity index (χ1) is 11.0. The van der Waals surface area contributed by atoms with Gasteiger partial charge >= 0.3 is 0 Å². The highest BCUT2D eigenvalue weighted by atomic mass is 35.5. The molecule has 4 nitrogen and oxygen atoms in total. The molecule has 0 bridgehead atoms. The number of rotatable bonds is 4. The van der Waals surface area contributed by atoms with E-state index in [1.54, 1.807) is 42.5 Å². The molecule has 0 aromatic heterocycles. The topological polar surface area (TPSA) is 64.9 Å². The second kappa shape index (κ2) is 7.68. The molecule has 2 rings (SSSR count). The normalized spacial score (nSPS) is 10.8. The lowest BCUT2D eigenvalue weighted by Gasteiger charge is -2.08. The number of hydrogen-bond acceptors (Lipinski definition) is 3. The molecule has 2 aromatic carbocycles. The number of halogens is 2. The minimum Gasteiger partial charge on any atom is -0.360 e. The second-order valence-corrected chi connectivity index (χ2v) is 5.61. The van der Waals surface area contributed by atoms with Crippen molar-refractivity contribution in [2.45, 2.75) is 6.92 Å². The average Bonchev–Trinajstić information content (AvgIpc) is 2.51. The van der Waals surface area contributed by atoms with Crippen molar-refractivity contribution >= 4 is 40.5 Å². The van der Waals surface area contributed by atoms with Crippen molar-refractivity contribution in [3.63, 3.8) is 0 Å². The summed E-state index contributed by atoms with van der Waals surface area (Å²) in [5.41, 5.74) is 2.02. The minimum absolute atomic E-state index is 0.0654. The predicted molar refractivity (Wildman–Crippen MR) is 93.6 cm³/mol. The van der Waals surface area contributed by atoms with Gasteiger partial charge < -0.3 is 10.6 Å². The molecule has 0 aliphatic rings. The fraction of sp³-hybridized carbons (Fsp3) is 0.0588. The number of amides is 1. The Morgan fingerprint density at radius 3 is 2.61 bits per heavy atom. The van der Waals surface area contributed by atoms with E-state index in [-0.39, 0.29) is 5.57 Å². The zero-order valence-corrected chi connectivity index (χ0v) is 13.7. The molecular formula is C17H13Cl2N3O. The summed E-state index contributed by atoms with van der Waals surface area (Å²) in [5, 5.41) is 15.8. The maximum absolute atomic E-state index is 12.2. The van der Waals surface area contributed by atoms with E-state index in [0.29, 0.717) is 21.4 Å². The number of benzene rings is 2. The van der Waals surface area contributed by atoms with Crippen molar-refractivity contribution in [2.75, 3.05) is 10.6 Å². The van der Waals surface area contributed by atoms with Gasteiger partial charge in [0.05, 0.1) is 0 Å². The summed E-state index contributed by atoms with van der Waals surface area (Å²) in [6.45, 7) is 1.84. The SMILES string of the molecule is Cc1ccc(Cl)cc1NC(=O)/C(C#N)=C\Nc1cccc(Cl)c1. The van der Waals surface area contributed by atoms with Crippen molar-refractivity contribution in [3.8, 4) is 6.07 Å². The Morgan fingerprint density at radius 2 is 1.91 bits per heavy atom. The number of aryl methyl sites for hydroxylation is 1. The molecule has 0 aliphatic heterocycles. The number of carbonyl (C=O) groups is 1. The van der Waals surface area contributed by atoms with Gasteiger partial charge in [0.25, 0.3) is 5.91 Å². The maximum atomic E-state index is 12.2. The first kappa shape index (κ1) is 16.9. The summed E-state index contributed by atoms with van der Waals surface area (Å²) >= 11 is 11.8. The van der Waals surface area contributed by atoms with Gasteiger partial charge in [-0.2, -0.15) is 5.26 Å². The van der Waals surface area contributed by atoms with Gasteiger partial charge in [-0.1, -0.05) is 35.3 Å². The number of carbonyl (C=O) groups excluding carboxylic acids is 1.